The lowest BCUT2D eigenvalue weighted by Gasteiger charge is -2.33. The van der Waals surface area contributed by atoms with Crippen molar-refractivity contribution >= 4 is 10.0 Å². The van der Waals surface area contributed by atoms with Crippen molar-refractivity contribution in [1.29, 1.82) is 0 Å². The minimum atomic E-state index is -3.00. The van der Waals surface area contributed by atoms with E-state index in [-0.39, 0.29) is 0 Å². The quantitative estimate of drug-likeness (QED) is 0.729. The second kappa shape index (κ2) is 7.43. The summed E-state index contributed by atoms with van der Waals surface area (Å²) >= 11 is 0. The molecule has 0 radical (unpaired) electrons. The van der Waals surface area contributed by atoms with Crippen LogP contribution in [0.3, 0.4) is 0 Å². The van der Waals surface area contributed by atoms with Crippen molar-refractivity contribution in [3.05, 3.63) is 0 Å². The van der Waals surface area contributed by atoms with Crippen LogP contribution < -0.4 is 5.32 Å². The second-order valence-corrected chi connectivity index (χ2v) is 7.13. The Kier molecular flexibility index (Phi) is 6.55. The molecular weight excluding hydrogens is 250 g/mol. The van der Waals surface area contributed by atoms with Crippen LogP contribution in [0, 0.1) is 0 Å². The lowest BCUT2D eigenvalue weighted by molar-refractivity contribution is 0.182. The van der Waals surface area contributed by atoms with Crippen LogP contribution in [0.25, 0.3) is 0 Å². The molecule has 0 spiro atoms. The highest BCUT2D eigenvalue weighted by atomic mass is 32.2. The molecule has 1 rings (SSSR count). The molecule has 0 amide bonds. The molecule has 1 saturated heterocycles. The zero-order valence-electron chi connectivity index (χ0n) is 11.9. The van der Waals surface area contributed by atoms with Crippen molar-refractivity contribution in [2.45, 2.75) is 32.7 Å². The molecule has 0 aromatic carbocycles. The van der Waals surface area contributed by atoms with E-state index in [1.54, 1.807) is 4.31 Å². The summed E-state index contributed by atoms with van der Waals surface area (Å²) in [6, 6.07) is 0.540. The monoisotopic (exact) mass is 277 g/mol. The molecule has 1 atom stereocenters. The Morgan fingerprint density at radius 3 is 2.33 bits per heavy atom. The Morgan fingerprint density at radius 2 is 1.83 bits per heavy atom. The zero-order chi connectivity index (χ0) is 13.6. The maximum absolute atomic E-state index is 11.4. The fourth-order valence-electron chi connectivity index (χ4n) is 2.15. The predicted octanol–water partition coefficient (Wildman–Crippen LogP) is 0.342. The number of rotatable bonds is 7. The van der Waals surface area contributed by atoms with Gasteiger partial charge in [-0.15, -0.1) is 0 Å². The van der Waals surface area contributed by atoms with E-state index in [2.05, 4.69) is 24.1 Å². The van der Waals surface area contributed by atoms with Gasteiger partial charge in [0, 0.05) is 32.2 Å². The SMILES string of the molecule is CCCNC(C)CCN1CCN(S(C)(=O)=O)CC1. The van der Waals surface area contributed by atoms with Gasteiger partial charge in [-0.3, -0.25) is 0 Å². The van der Waals surface area contributed by atoms with Crippen LogP contribution in [-0.4, -0.2) is 69.2 Å². The van der Waals surface area contributed by atoms with Gasteiger partial charge in [0.25, 0.3) is 0 Å². The Morgan fingerprint density at radius 1 is 1.22 bits per heavy atom. The highest BCUT2D eigenvalue weighted by Gasteiger charge is 2.23. The van der Waals surface area contributed by atoms with Gasteiger partial charge in [0.2, 0.25) is 10.0 Å². The first-order valence-electron chi connectivity index (χ1n) is 6.84. The smallest absolute Gasteiger partial charge is 0.211 e. The molecule has 0 aromatic rings. The number of nitrogens with one attached hydrogen (secondary N) is 1. The Hall–Kier alpha value is -0.170. The molecule has 0 saturated carbocycles. The largest absolute Gasteiger partial charge is 0.314 e. The first-order chi connectivity index (χ1) is 8.43. The van der Waals surface area contributed by atoms with Crippen LogP contribution in [0.15, 0.2) is 0 Å². The van der Waals surface area contributed by atoms with Crippen LogP contribution in [0.2, 0.25) is 0 Å². The summed E-state index contributed by atoms with van der Waals surface area (Å²) in [5, 5.41) is 3.47. The van der Waals surface area contributed by atoms with Gasteiger partial charge >= 0.3 is 0 Å². The molecular formula is C12H27N3O2S. The molecule has 18 heavy (non-hydrogen) atoms. The summed E-state index contributed by atoms with van der Waals surface area (Å²) < 4.78 is 24.3. The summed E-state index contributed by atoms with van der Waals surface area (Å²) in [4.78, 5) is 2.35. The molecule has 0 aromatic heterocycles. The zero-order valence-corrected chi connectivity index (χ0v) is 12.7. The lowest BCUT2D eigenvalue weighted by Crippen LogP contribution is -2.49. The third kappa shape index (κ3) is 5.65. The molecule has 1 N–H and O–H groups in total. The van der Waals surface area contributed by atoms with Crippen molar-refractivity contribution in [2.75, 3.05) is 45.5 Å². The molecule has 1 unspecified atom stereocenters. The average Bonchev–Trinajstić information content (AvgIpc) is 2.33. The van der Waals surface area contributed by atoms with Crippen LogP contribution in [-0.2, 0) is 10.0 Å². The van der Waals surface area contributed by atoms with E-state index in [9.17, 15) is 8.42 Å². The molecule has 1 heterocycles. The molecule has 1 aliphatic rings. The summed E-state index contributed by atoms with van der Waals surface area (Å²) in [6.07, 6.45) is 3.58. The molecule has 0 aliphatic carbocycles. The summed E-state index contributed by atoms with van der Waals surface area (Å²) in [6.45, 7) is 9.48. The van der Waals surface area contributed by atoms with E-state index in [0.29, 0.717) is 19.1 Å². The second-order valence-electron chi connectivity index (χ2n) is 5.15. The van der Waals surface area contributed by atoms with Gasteiger partial charge in [0.15, 0.2) is 0 Å². The van der Waals surface area contributed by atoms with Gasteiger partial charge in [-0.05, 0) is 32.9 Å². The van der Waals surface area contributed by atoms with E-state index in [1.807, 2.05) is 0 Å². The van der Waals surface area contributed by atoms with Crippen molar-refractivity contribution in [3.63, 3.8) is 0 Å². The van der Waals surface area contributed by atoms with E-state index >= 15 is 0 Å². The van der Waals surface area contributed by atoms with Gasteiger partial charge in [-0.25, -0.2) is 8.42 Å². The Balaban J connectivity index is 2.20. The van der Waals surface area contributed by atoms with Crippen LogP contribution in [0.4, 0.5) is 0 Å². The van der Waals surface area contributed by atoms with E-state index in [1.165, 1.54) is 6.26 Å². The standard InChI is InChI=1S/C12H27N3O2S/c1-4-6-13-12(2)5-7-14-8-10-15(11-9-14)18(3,16)17/h12-13H,4-11H2,1-3H3. The maximum atomic E-state index is 11.4. The highest BCUT2D eigenvalue weighted by Crippen LogP contribution is 2.07. The first-order valence-corrected chi connectivity index (χ1v) is 8.69. The van der Waals surface area contributed by atoms with E-state index in [4.69, 9.17) is 0 Å². The highest BCUT2D eigenvalue weighted by molar-refractivity contribution is 7.88. The number of piperazine rings is 1. The van der Waals surface area contributed by atoms with Crippen LogP contribution >= 0.6 is 0 Å². The number of sulfonamides is 1. The van der Waals surface area contributed by atoms with Crippen LogP contribution in [0.1, 0.15) is 26.7 Å². The molecule has 0 bridgehead atoms. The van der Waals surface area contributed by atoms with Crippen molar-refractivity contribution in [3.8, 4) is 0 Å². The predicted molar refractivity (Wildman–Crippen MR) is 75.2 cm³/mol. The average molecular weight is 277 g/mol. The number of hydrogen-bond acceptors (Lipinski definition) is 4. The van der Waals surface area contributed by atoms with Gasteiger partial charge in [0.05, 0.1) is 6.26 Å². The van der Waals surface area contributed by atoms with E-state index in [0.717, 1.165) is 39.0 Å². The molecule has 1 fully saturated rings. The van der Waals surface area contributed by atoms with Crippen molar-refractivity contribution in [1.82, 2.24) is 14.5 Å². The topological polar surface area (TPSA) is 52.6 Å². The number of nitrogens with zero attached hydrogens (tertiary/aromatic N) is 2. The minimum absolute atomic E-state index is 0.540. The van der Waals surface area contributed by atoms with Gasteiger partial charge in [-0.2, -0.15) is 4.31 Å². The normalized spacial score (nSPS) is 21.1. The maximum Gasteiger partial charge on any atom is 0.211 e. The van der Waals surface area contributed by atoms with E-state index < -0.39 is 10.0 Å². The fraction of sp³-hybridized carbons (Fsp3) is 1.00. The first kappa shape index (κ1) is 15.9. The molecule has 108 valence electrons. The lowest BCUT2D eigenvalue weighted by atomic mass is 10.2. The summed E-state index contributed by atoms with van der Waals surface area (Å²) in [7, 11) is -3.00. The summed E-state index contributed by atoms with van der Waals surface area (Å²) in [5.74, 6) is 0. The molecule has 5 nitrogen and oxygen atoms in total. The molecule has 1 aliphatic heterocycles. The molecule has 6 heteroatoms. The van der Waals surface area contributed by atoms with Gasteiger partial charge in [0.1, 0.15) is 0 Å². The van der Waals surface area contributed by atoms with Gasteiger partial charge in [-0.1, -0.05) is 6.92 Å². The van der Waals surface area contributed by atoms with Gasteiger partial charge < -0.3 is 10.2 Å². The van der Waals surface area contributed by atoms with Crippen molar-refractivity contribution < 1.29 is 8.42 Å². The Labute approximate surface area is 112 Å². The third-order valence-electron chi connectivity index (χ3n) is 3.42. The number of hydrogen-bond donors (Lipinski definition) is 1. The fourth-order valence-corrected chi connectivity index (χ4v) is 2.98. The third-order valence-corrected chi connectivity index (χ3v) is 4.72. The van der Waals surface area contributed by atoms with Crippen LogP contribution in [0.5, 0.6) is 0 Å². The minimum Gasteiger partial charge on any atom is -0.314 e. The van der Waals surface area contributed by atoms with Crippen molar-refractivity contribution in [2.24, 2.45) is 0 Å². The summed E-state index contributed by atoms with van der Waals surface area (Å²) in [5.41, 5.74) is 0. The Bertz CT molecular complexity index is 324.